The summed E-state index contributed by atoms with van der Waals surface area (Å²) in [7, 11) is 1.73. The lowest BCUT2D eigenvalue weighted by molar-refractivity contribution is 1.44. The van der Waals surface area contributed by atoms with Gasteiger partial charge in [0.25, 0.3) is 0 Å². The molecule has 0 heterocycles. The van der Waals surface area contributed by atoms with E-state index in [1.54, 1.807) is 19.5 Å². The van der Waals surface area contributed by atoms with Crippen LogP contribution in [0.4, 0.5) is 0 Å². The maximum Gasteiger partial charge on any atom is 0.0301 e. The first-order valence-corrected chi connectivity index (χ1v) is 4.19. The van der Waals surface area contributed by atoms with E-state index in [4.69, 9.17) is 5.73 Å². The number of hydrogen-bond acceptors (Lipinski definition) is 2. The van der Waals surface area contributed by atoms with Crippen molar-refractivity contribution in [1.82, 2.24) is 0 Å². The lowest BCUT2D eigenvalue weighted by atomic mass is 10.1. The lowest BCUT2D eigenvalue weighted by Gasteiger charge is -2.00. The zero-order chi connectivity index (χ0) is 9.68. The largest absolute Gasteiger partial charge is 0.404 e. The van der Waals surface area contributed by atoms with Crippen LogP contribution in [0.3, 0.4) is 0 Å². The monoisotopic (exact) mass is 174 g/mol. The highest BCUT2D eigenvalue weighted by Crippen LogP contribution is 2.11. The number of aryl methyl sites for hydroxylation is 1. The number of allylic oxidation sites excluding steroid dienone is 1. The summed E-state index contributed by atoms with van der Waals surface area (Å²) in [5.74, 6) is 0. The summed E-state index contributed by atoms with van der Waals surface area (Å²) in [4.78, 5) is 3.93. The molecule has 2 heteroatoms. The van der Waals surface area contributed by atoms with E-state index in [-0.39, 0.29) is 0 Å². The van der Waals surface area contributed by atoms with Crippen molar-refractivity contribution >= 4 is 11.8 Å². The molecule has 0 saturated heterocycles. The van der Waals surface area contributed by atoms with E-state index >= 15 is 0 Å². The molecule has 13 heavy (non-hydrogen) atoms. The third kappa shape index (κ3) is 2.44. The Labute approximate surface area is 78.8 Å². The van der Waals surface area contributed by atoms with Gasteiger partial charge >= 0.3 is 0 Å². The van der Waals surface area contributed by atoms with Crippen LogP contribution in [0.5, 0.6) is 0 Å². The molecular formula is C11H14N2. The van der Waals surface area contributed by atoms with E-state index in [2.05, 4.69) is 24.0 Å². The Morgan fingerprint density at radius 2 is 1.92 bits per heavy atom. The van der Waals surface area contributed by atoms with Crippen LogP contribution >= 0.6 is 0 Å². The number of nitrogens with zero attached hydrogens (tertiary/aromatic N) is 1. The highest BCUT2D eigenvalue weighted by Gasteiger charge is 1.95. The Bertz CT molecular complexity index is 320. The topological polar surface area (TPSA) is 38.4 Å². The van der Waals surface area contributed by atoms with Gasteiger partial charge in [-0.2, -0.15) is 0 Å². The minimum absolute atomic E-state index is 0.947. The van der Waals surface area contributed by atoms with Crippen molar-refractivity contribution in [2.75, 3.05) is 7.05 Å². The number of nitrogens with two attached hydrogens (primary N) is 1. The smallest absolute Gasteiger partial charge is 0.0301 e. The Kier molecular flexibility index (Phi) is 3.26. The van der Waals surface area contributed by atoms with E-state index in [0.29, 0.717) is 0 Å². The average Bonchev–Trinajstić information content (AvgIpc) is 2.16. The van der Waals surface area contributed by atoms with Crippen LogP contribution in [0.1, 0.15) is 11.1 Å². The van der Waals surface area contributed by atoms with Gasteiger partial charge in [0, 0.05) is 25.0 Å². The maximum atomic E-state index is 5.48. The van der Waals surface area contributed by atoms with Crippen LogP contribution in [-0.2, 0) is 0 Å². The fourth-order valence-electron chi connectivity index (χ4n) is 1.10. The van der Waals surface area contributed by atoms with E-state index in [0.717, 1.165) is 11.1 Å². The lowest BCUT2D eigenvalue weighted by Crippen LogP contribution is -1.91. The zero-order valence-corrected chi connectivity index (χ0v) is 7.99. The van der Waals surface area contributed by atoms with Gasteiger partial charge in [-0.25, -0.2) is 0 Å². The number of benzene rings is 1. The SMILES string of the molecule is CN=C/C(=C\N)c1ccc(C)cc1. The van der Waals surface area contributed by atoms with Crippen molar-refractivity contribution in [2.45, 2.75) is 6.92 Å². The van der Waals surface area contributed by atoms with Crippen molar-refractivity contribution in [3.05, 3.63) is 41.6 Å². The third-order valence-corrected chi connectivity index (χ3v) is 1.83. The molecule has 0 aliphatic carbocycles. The maximum absolute atomic E-state index is 5.48. The molecule has 0 bridgehead atoms. The summed E-state index contributed by atoms with van der Waals surface area (Å²) in [6, 6.07) is 8.19. The van der Waals surface area contributed by atoms with Crippen LogP contribution in [0, 0.1) is 6.92 Å². The minimum atomic E-state index is 0.947. The van der Waals surface area contributed by atoms with Gasteiger partial charge in [0.15, 0.2) is 0 Å². The second-order valence-electron chi connectivity index (χ2n) is 2.88. The van der Waals surface area contributed by atoms with Gasteiger partial charge in [0.2, 0.25) is 0 Å². The quantitative estimate of drug-likeness (QED) is 0.684. The zero-order valence-electron chi connectivity index (χ0n) is 7.99. The van der Waals surface area contributed by atoms with Crippen molar-refractivity contribution in [2.24, 2.45) is 10.7 Å². The molecule has 2 N–H and O–H groups in total. The second-order valence-corrected chi connectivity index (χ2v) is 2.88. The number of rotatable bonds is 2. The summed E-state index contributed by atoms with van der Waals surface area (Å²) in [5, 5.41) is 0. The second kappa shape index (κ2) is 4.45. The summed E-state index contributed by atoms with van der Waals surface area (Å²) in [6.07, 6.45) is 3.32. The molecule has 1 aromatic carbocycles. The van der Waals surface area contributed by atoms with Gasteiger partial charge in [-0.1, -0.05) is 29.8 Å². The fourth-order valence-corrected chi connectivity index (χ4v) is 1.10. The molecule has 0 saturated carbocycles. The molecule has 0 aliphatic rings. The molecule has 0 fully saturated rings. The molecule has 68 valence electrons. The van der Waals surface area contributed by atoms with E-state index in [1.807, 2.05) is 12.1 Å². The molecule has 0 spiro atoms. The predicted molar refractivity (Wildman–Crippen MR) is 57.8 cm³/mol. The van der Waals surface area contributed by atoms with E-state index < -0.39 is 0 Å². The van der Waals surface area contributed by atoms with Gasteiger partial charge in [0.1, 0.15) is 0 Å². The van der Waals surface area contributed by atoms with Crippen molar-refractivity contribution in [3.8, 4) is 0 Å². The number of hydrogen-bond donors (Lipinski definition) is 1. The van der Waals surface area contributed by atoms with Crippen LogP contribution in [0.15, 0.2) is 35.5 Å². The summed E-state index contributed by atoms with van der Waals surface area (Å²) in [6.45, 7) is 2.06. The van der Waals surface area contributed by atoms with Crippen LogP contribution in [0.2, 0.25) is 0 Å². The Morgan fingerprint density at radius 1 is 1.31 bits per heavy atom. The highest BCUT2D eigenvalue weighted by molar-refractivity contribution is 6.09. The standard InChI is InChI=1S/C11H14N2/c1-9-3-5-10(6-4-9)11(7-12)8-13-2/h3-8H,12H2,1-2H3/b11-7+,13-8?. The molecule has 2 nitrogen and oxygen atoms in total. The first kappa shape index (κ1) is 9.52. The normalized spacial score (nSPS) is 12.3. The molecule has 0 aliphatic heterocycles. The molecule has 0 amide bonds. The average molecular weight is 174 g/mol. The summed E-state index contributed by atoms with van der Waals surface area (Å²) >= 11 is 0. The van der Waals surface area contributed by atoms with Crippen LogP contribution in [0.25, 0.3) is 5.57 Å². The summed E-state index contributed by atoms with van der Waals surface area (Å²) < 4.78 is 0. The first-order chi connectivity index (χ1) is 6.27. The van der Waals surface area contributed by atoms with Gasteiger partial charge in [-0.05, 0) is 12.5 Å². The molecule has 0 unspecified atom stereocenters. The third-order valence-electron chi connectivity index (χ3n) is 1.83. The van der Waals surface area contributed by atoms with Crippen LogP contribution < -0.4 is 5.73 Å². The number of aliphatic imine (C=N–C) groups is 1. The molecular weight excluding hydrogens is 160 g/mol. The predicted octanol–water partition coefficient (Wildman–Crippen LogP) is 2.00. The highest BCUT2D eigenvalue weighted by atomic mass is 14.6. The Morgan fingerprint density at radius 3 is 2.38 bits per heavy atom. The molecule has 0 radical (unpaired) electrons. The van der Waals surface area contributed by atoms with Gasteiger partial charge in [-0.15, -0.1) is 0 Å². The van der Waals surface area contributed by atoms with Gasteiger partial charge < -0.3 is 5.73 Å². The van der Waals surface area contributed by atoms with E-state index in [9.17, 15) is 0 Å². The first-order valence-electron chi connectivity index (χ1n) is 4.19. The molecule has 0 aromatic heterocycles. The Balaban J connectivity index is 3.00. The fraction of sp³-hybridized carbons (Fsp3) is 0.182. The molecule has 0 atom stereocenters. The van der Waals surface area contributed by atoms with Crippen molar-refractivity contribution in [3.63, 3.8) is 0 Å². The van der Waals surface area contributed by atoms with Crippen molar-refractivity contribution in [1.29, 1.82) is 0 Å². The summed E-state index contributed by atoms with van der Waals surface area (Å²) in [5.41, 5.74) is 8.76. The van der Waals surface area contributed by atoms with Crippen molar-refractivity contribution < 1.29 is 0 Å². The Hall–Kier alpha value is -1.57. The minimum Gasteiger partial charge on any atom is -0.404 e. The van der Waals surface area contributed by atoms with Gasteiger partial charge in [-0.3, -0.25) is 4.99 Å². The molecule has 1 rings (SSSR count). The van der Waals surface area contributed by atoms with E-state index in [1.165, 1.54) is 5.56 Å². The van der Waals surface area contributed by atoms with Crippen LogP contribution in [-0.4, -0.2) is 13.3 Å². The molecule has 1 aromatic rings. The van der Waals surface area contributed by atoms with Gasteiger partial charge in [0.05, 0.1) is 0 Å².